The van der Waals surface area contributed by atoms with Crippen LogP contribution < -0.4 is 4.90 Å². The van der Waals surface area contributed by atoms with Crippen LogP contribution in [0.1, 0.15) is 44.6 Å². The lowest BCUT2D eigenvalue weighted by Gasteiger charge is -2.38. The van der Waals surface area contributed by atoms with Gasteiger partial charge in [-0.05, 0) is 44.9 Å². The molecule has 0 spiro atoms. The molecular formula is C18H24N2O2. The van der Waals surface area contributed by atoms with E-state index in [9.17, 15) is 9.59 Å². The normalized spacial score (nSPS) is 26.7. The Morgan fingerprint density at radius 3 is 2.55 bits per heavy atom. The average molecular weight is 300 g/mol. The Bertz CT molecular complexity index is 567. The summed E-state index contributed by atoms with van der Waals surface area (Å²) >= 11 is 0. The lowest BCUT2D eigenvalue weighted by molar-refractivity contribution is -0.123. The summed E-state index contributed by atoms with van der Waals surface area (Å²) in [6, 6.07) is 7.78. The number of carbonyl (C=O) groups is 2. The first-order chi connectivity index (χ1) is 10.6. The van der Waals surface area contributed by atoms with E-state index in [0.717, 1.165) is 31.4 Å². The standard InChI is InChI=1S/C18H24N2O2/c1-3-14-6-4-5-11-19(14)16-12-17(21)20(18(16)22)15-9-7-13(2)8-10-15/h7-10,14,16H,3-6,11-12H2,1-2H3/t14-,16+/m1/s1. The summed E-state index contributed by atoms with van der Waals surface area (Å²) in [6.45, 7) is 5.10. The first kappa shape index (κ1) is 15.2. The summed E-state index contributed by atoms with van der Waals surface area (Å²) in [5, 5.41) is 0. The third-order valence-corrected chi connectivity index (χ3v) is 4.96. The van der Waals surface area contributed by atoms with E-state index in [1.165, 1.54) is 11.3 Å². The van der Waals surface area contributed by atoms with Gasteiger partial charge in [-0.2, -0.15) is 0 Å². The van der Waals surface area contributed by atoms with Crippen LogP contribution in [0.5, 0.6) is 0 Å². The lowest BCUT2D eigenvalue weighted by atomic mass is 9.97. The van der Waals surface area contributed by atoms with Gasteiger partial charge in [0, 0.05) is 6.04 Å². The molecule has 2 aliphatic heterocycles. The highest BCUT2D eigenvalue weighted by molar-refractivity contribution is 6.22. The molecular weight excluding hydrogens is 276 g/mol. The number of anilines is 1. The molecule has 0 unspecified atom stereocenters. The van der Waals surface area contributed by atoms with Crippen LogP contribution in [0.4, 0.5) is 5.69 Å². The number of benzene rings is 1. The van der Waals surface area contributed by atoms with Crippen molar-refractivity contribution in [2.75, 3.05) is 11.4 Å². The Labute approximate surface area is 132 Å². The minimum atomic E-state index is -0.265. The van der Waals surface area contributed by atoms with Crippen molar-refractivity contribution in [1.82, 2.24) is 4.90 Å². The van der Waals surface area contributed by atoms with Gasteiger partial charge in [-0.1, -0.05) is 31.0 Å². The molecule has 2 atom stereocenters. The highest BCUT2D eigenvalue weighted by atomic mass is 16.2. The molecule has 2 aliphatic rings. The van der Waals surface area contributed by atoms with Crippen LogP contribution in [0.25, 0.3) is 0 Å². The fraction of sp³-hybridized carbons (Fsp3) is 0.556. The Hall–Kier alpha value is -1.68. The highest BCUT2D eigenvalue weighted by Gasteiger charge is 2.44. The Morgan fingerprint density at radius 1 is 1.14 bits per heavy atom. The molecule has 2 heterocycles. The zero-order chi connectivity index (χ0) is 15.7. The maximum atomic E-state index is 12.8. The molecule has 0 radical (unpaired) electrons. The maximum absolute atomic E-state index is 12.8. The SMILES string of the molecule is CC[C@@H]1CCCCN1[C@H]1CC(=O)N(c2ccc(C)cc2)C1=O. The van der Waals surface area contributed by atoms with Gasteiger partial charge in [0.25, 0.3) is 5.91 Å². The van der Waals surface area contributed by atoms with Crippen LogP contribution >= 0.6 is 0 Å². The van der Waals surface area contributed by atoms with Crippen molar-refractivity contribution in [3.05, 3.63) is 29.8 Å². The zero-order valence-electron chi connectivity index (χ0n) is 13.4. The van der Waals surface area contributed by atoms with E-state index in [1.807, 2.05) is 31.2 Å². The molecule has 2 saturated heterocycles. The van der Waals surface area contributed by atoms with Gasteiger partial charge in [0.15, 0.2) is 0 Å². The molecule has 1 aromatic rings. The quantitative estimate of drug-likeness (QED) is 0.806. The number of imide groups is 1. The molecule has 2 fully saturated rings. The fourth-order valence-corrected chi connectivity index (χ4v) is 3.71. The molecule has 22 heavy (non-hydrogen) atoms. The number of nitrogens with zero attached hydrogens (tertiary/aromatic N) is 2. The van der Waals surface area contributed by atoms with Crippen LogP contribution in [0.15, 0.2) is 24.3 Å². The van der Waals surface area contributed by atoms with Crippen molar-refractivity contribution < 1.29 is 9.59 Å². The molecule has 3 rings (SSSR count). The van der Waals surface area contributed by atoms with Gasteiger partial charge in [-0.25, -0.2) is 4.90 Å². The number of piperidine rings is 1. The number of amides is 2. The van der Waals surface area contributed by atoms with Gasteiger partial charge in [0.2, 0.25) is 5.91 Å². The van der Waals surface area contributed by atoms with Gasteiger partial charge >= 0.3 is 0 Å². The van der Waals surface area contributed by atoms with Crippen molar-refractivity contribution >= 4 is 17.5 Å². The Morgan fingerprint density at radius 2 is 1.86 bits per heavy atom. The van der Waals surface area contributed by atoms with E-state index in [2.05, 4.69) is 11.8 Å². The van der Waals surface area contributed by atoms with Gasteiger partial charge in [-0.3, -0.25) is 14.5 Å². The van der Waals surface area contributed by atoms with E-state index in [1.54, 1.807) is 0 Å². The summed E-state index contributed by atoms with van der Waals surface area (Å²) in [5.74, 6) is -0.117. The maximum Gasteiger partial charge on any atom is 0.251 e. The Kier molecular flexibility index (Phi) is 4.30. The summed E-state index contributed by atoms with van der Waals surface area (Å²) in [6.07, 6.45) is 4.86. The van der Waals surface area contributed by atoms with Crippen molar-refractivity contribution in [2.45, 2.75) is 58.0 Å². The number of carbonyl (C=O) groups excluding carboxylic acids is 2. The summed E-state index contributed by atoms with van der Waals surface area (Å²) in [4.78, 5) is 28.9. The fourth-order valence-electron chi connectivity index (χ4n) is 3.71. The number of likely N-dealkylation sites (tertiary alicyclic amines) is 1. The van der Waals surface area contributed by atoms with E-state index >= 15 is 0 Å². The van der Waals surface area contributed by atoms with Gasteiger partial charge < -0.3 is 0 Å². The Balaban J connectivity index is 1.83. The molecule has 118 valence electrons. The minimum absolute atomic E-state index is 0.0470. The van der Waals surface area contributed by atoms with Crippen LogP contribution in [0, 0.1) is 6.92 Å². The second-order valence-electron chi connectivity index (χ2n) is 6.42. The molecule has 4 heteroatoms. The number of hydrogen-bond acceptors (Lipinski definition) is 3. The molecule has 0 saturated carbocycles. The molecule has 0 N–H and O–H groups in total. The molecule has 0 aromatic heterocycles. The number of hydrogen-bond donors (Lipinski definition) is 0. The van der Waals surface area contributed by atoms with Crippen LogP contribution in [0.2, 0.25) is 0 Å². The first-order valence-electron chi connectivity index (χ1n) is 8.31. The van der Waals surface area contributed by atoms with Crippen molar-refractivity contribution in [1.29, 1.82) is 0 Å². The minimum Gasteiger partial charge on any atom is -0.289 e. The van der Waals surface area contributed by atoms with E-state index in [0.29, 0.717) is 18.2 Å². The van der Waals surface area contributed by atoms with Crippen LogP contribution in [-0.2, 0) is 9.59 Å². The van der Waals surface area contributed by atoms with Gasteiger partial charge in [0.05, 0.1) is 18.2 Å². The molecule has 0 bridgehead atoms. The van der Waals surface area contributed by atoms with Crippen LogP contribution in [0.3, 0.4) is 0 Å². The molecule has 2 amide bonds. The van der Waals surface area contributed by atoms with Crippen molar-refractivity contribution in [3.63, 3.8) is 0 Å². The first-order valence-corrected chi connectivity index (χ1v) is 8.31. The topological polar surface area (TPSA) is 40.6 Å². The summed E-state index contributed by atoms with van der Waals surface area (Å²) in [7, 11) is 0. The predicted molar refractivity (Wildman–Crippen MR) is 86.7 cm³/mol. The van der Waals surface area contributed by atoms with E-state index in [-0.39, 0.29) is 17.9 Å². The monoisotopic (exact) mass is 300 g/mol. The van der Waals surface area contributed by atoms with E-state index in [4.69, 9.17) is 0 Å². The average Bonchev–Trinajstić information content (AvgIpc) is 2.83. The third kappa shape index (κ3) is 2.68. The van der Waals surface area contributed by atoms with Gasteiger partial charge in [-0.15, -0.1) is 0 Å². The second kappa shape index (κ2) is 6.21. The largest absolute Gasteiger partial charge is 0.289 e. The molecule has 0 aliphatic carbocycles. The summed E-state index contributed by atoms with van der Waals surface area (Å²) in [5.41, 5.74) is 1.83. The molecule has 1 aromatic carbocycles. The second-order valence-corrected chi connectivity index (χ2v) is 6.42. The lowest BCUT2D eigenvalue weighted by Crippen LogP contribution is -2.49. The number of rotatable bonds is 3. The summed E-state index contributed by atoms with van der Waals surface area (Å²) < 4.78 is 0. The molecule has 4 nitrogen and oxygen atoms in total. The van der Waals surface area contributed by atoms with E-state index < -0.39 is 0 Å². The third-order valence-electron chi connectivity index (χ3n) is 4.96. The number of aryl methyl sites for hydroxylation is 1. The van der Waals surface area contributed by atoms with Crippen LogP contribution in [-0.4, -0.2) is 35.3 Å². The zero-order valence-corrected chi connectivity index (χ0v) is 13.4. The smallest absolute Gasteiger partial charge is 0.251 e. The highest BCUT2D eigenvalue weighted by Crippen LogP contribution is 2.30. The van der Waals surface area contributed by atoms with Gasteiger partial charge in [0.1, 0.15) is 0 Å². The predicted octanol–water partition coefficient (Wildman–Crippen LogP) is 2.89. The van der Waals surface area contributed by atoms with Crippen molar-refractivity contribution in [2.24, 2.45) is 0 Å². The van der Waals surface area contributed by atoms with Crippen molar-refractivity contribution in [3.8, 4) is 0 Å².